The van der Waals surface area contributed by atoms with Crippen LogP contribution in [-0.4, -0.2) is 23.4 Å². The molecule has 2 N–H and O–H groups in total. The number of nitrogen functional groups attached to an aromatic ring is 1. The highest BCUT2D eigenvalue weighted by Crippen LogP contribution is 2.27. The van der Waals surface area contributed by atoms with Crippen molar-refractivity contribution in [3.05, 3.63) is 29.8 Å². The molecular formula is C13H14FN3O2. The molecule has 0 saturated carbocycles. The van der Waals surface area contributed by atoms with Crippen LogP contribution in [0.2, 0.25) is 0 Å². The van der Waals surface area contributed by atoms with E-state index >= 15 is 0 Å². The van der Waals surface area contributed by atoms with Gasteiger partial charge >= 0.3 is 0 Å². The van der Waals surface area contributed by atoms with Gasteiger partial charge in [-0.25, -0.2) is 4.39 Å². The maximum Gasteiger partial charge on any atom is 0.263 e. The highest BCUT2D eigenvalue weighted by Gasteiger charge is 2.21. The Kier molecular flexibility index (Phi) is 3.16. The van der Waals surface area contributed by atoms with Crippen molar-refractivity contribution in [3.63, 3.8) is 0 Å². The van der Waals surface area contributed by atoms with Crippen LogP contribution in [0.4, 0.5) is 10.1 Å². The number of rotatable bonds is 3. The number of halogens is 1. The maximum atomic E-state index is 13.7. The average molecular weight is 263 g/mol. The Hall–Kier alpha value is -1.95. The molecule has 1 aromatic carbocycles. The summed E-state index contributed by atoms with van der Waals surface area (Å²) in [6.45, 7) is 1.49. The Bertz CT molecular complexity index is 559. The zero-order valence-electron chi connectivity index (χ0n) is 10.3. The molecule has 2 heterocycles. The summed E-state index contributed by atoms with van der Waals surface area (Å²) in [4.78, 5) is 4.21. The standard InChI is InChI=1S/C13H14FN3O2/c14-9-2-1-3-10(15)12(9)13-16-11(17-19-13)6-8-4-5-18-7-8/h1-3,8H,4-7,15H2. The molecule has 1 unspecified atom stereocenters. The van der Waals surface area contributed by atoms with Gasteiger partial charge in [-0.2, -0.15) is 4.98 Å². The highest BCUT2D eigenvalue weighted by atomic mass is 19.1. The van der Waals surface area contributed by atoms with Crippen LogP contribution in [0.5, 0.6) is 0 Å². The van der Waals surface area contributed by atoms with Gasteiger partial charge in [-0.1, -0.05) is 11.2 Å². The van der Waals surface area contributed by atoms with Gasteiger partial charge in [0, 0.05) is 25.3 Å². The maximum absolute atomic E-state index is 13.7. The van der Waals surface area contributed by atoms with E-state index in [0.29, 0.717) is 30.5 Å². The van der Waals surface area contributed by atoms with Crippen molar-refractivity contribution >= 4 is 5.69 Å². The summed E-state index contributed by atoms with van der Waals surface area (Å²) in [5, 5.41) is 3.87. The second-order valence-corrected chi connectivity index (χ2v) is 4.65. The van der Waals surface area contributed by atoms with Gasteiger partial charge in [-0.05, 0) is 24.5 Å². The summed E-state index contributed by atoms with van der Waals surface area (Å²) in [6.07, 6.45) is 1.67. The van der Waals surface area contributed by atoms with Gasteiger partial charge in [0.2, 0.25) is 0 Å². The average Bonchev–Trinajstić information content (AvgIpc) is 3.02. The number of nitrogens with two attached hydrogens (primary N) is 1. The monoisotopic (exact) mass is 263 g/mol. The third-order valence-electron chi connectivity index (χ3n) is 3.22. The van der Waals surface area contributed by atoms with Crippen molar-refractivity contribution < 1.29 is 13.7 Å². The van der Waals surface area contributed by atoms with E-state index in [2.05, 4.69) is 10.1 Å². The molecule has 0 amide bonds. The largest absolute Gasteiger partial charge is 0.398 e. The van der Waals surface area contributed by atoms with Crippen molar-refractivity contribution in [2.45, 2.75) is 12.8 Å². The molecular weight excluding hydrogens is 249 g/mol. The van der Waals surface area contributed by atoms with Crippen molar-refractivity contribution in [2.24, 2.45) is 5.92 Å². The number of aromatic nitrogens is 2. The number of ether oxygens (including phenoxy) is 1. The second kappa shape index (κ2) is 4.97. The Morgan fingerprint density at radius 2 is 2.32 bits per heavy atom. The van der Waals surface area contributed by atoms with Crippen LogP contribution in [0.1, 0.15) is 12.2 Å². The lowest BCUT2D eigenvalue weighted by Crippen LogP contribution is -2.04. The molecule has 1 saturated heterocycles. The summed E-state index contributed by atoms with van der Waals surface area (Å²) in [7, 11) is 0. The van der Waals surface area contributed by atoms with Crippen LogP contribution < -0.4 is 5.73 Å². The fourth-order valence-corrected chi connectivity index (χ4v) is 2.21. The van der Waals surface area contributed by atoms with Crippen LogP contribution in [0.15, 0.2) is 22.7 Å². The lowest BCUT2D eigenvalue weighted by Gasteiger charge is -2.02. The van der Waals surface area contributed by atoms with E-state index in [9.17, 15) is 4.39 Å². The van der Waals surface area contributed by atoms with Crippen molar-refractivity contribution in [3.8, 4) is 11.5 Å². The summed E-state index contributed by atoms with van der Waals surface area (Å²) in [5.41, 5.74) is 6.20. The molecule has 1 aromatic heterocycles. The van der Waals surface area contributed by atoms with E-state index in [4.69, 9.17) is 15.0 Å². The molecule has 1 aliphatic rings. The van der Waals surface area contributed by atoms with E-state index < -0.39 is 5.82 Å². The zero-order valence-corrected chi connectivity index (χ0v) is 10.3. The van der Waals surface area contributed by atoms with E-state index in [0.717, 1.165) is 13.0 Å². The van der Waals surface area contributed by atoms with E-state index in [1.54, 1.807) is 12.1 Å². The first-order chi connectivity index (χ1) is 9.24. The fourth-order valence-electron chi connectivity index (χ4n) is 2.21. The molecule has 0 aliphatic carbocycles. The first-order valence-corrected chi connectivity index (χ1v) is 6.18. The van der Waals surface area contributed by atoms with Crippen LogP contribution in [0.3, 0.4) is 0 Å². The summed E-state index contributed by atoms with van der Waals surface area (Å²) in [5.74, 6) is 0.639. The predicted octanol–water partition coefficient (Wildman–Crippen LogP) is 2.04. The summed E-state index contributed by atoms with van der Waals surface area (Å²) < 4.78 is 24.1. The molecule has 1 atom stereocenters. The quantitative estimate of drug-likeness (QED) is 0.858. The van der Waals surface area contributed by atoms with Gasteiger partial charge in [0.25, 0.3) is 5.89 Å². The van der Waals surface area contributed by atoms with Gasteiger partial charge in [-0.15, -0.1) is 0 Å². The van der Waals surface area contributed by atoms with Gasteiger partial charge in [0.15, 0.2) is 5.82 Å². The third-order valence-corrected chi connectivity index (χ3v) is 3.22. The minimum absolute atomic E-state index is 0.129. The van der Waals surface area contributed by atoms with Crippen LogP contribution in [0.25, 0.3) is 11.5 Å². The van der Waals surface area contributed by atoms with Crippen molar-refractivity contribution in [1.29, 1.82) is 0 Å². The molecule has 100 valence electrons. The molecule has 0 spiro atoms. The van der Waals surface area contributed by atoms with E-state index in [1.807, 2.05) is 0 Å². The Morgan fingerprint density at radius 3 is 3.05 bits per heavy atom. The lowest BCUT2D eigenvalue weighted by atomic mass is 10.1. The Balaban J connectivity index is 1.84. The Morgan fingerprint density at radius 1 is 1.42 bits per heavy atom. The number of benzene rings is 1. The predicted molar refractivity (Wildman–Crippen MR) is 66.7 cm³/mol. The molecule has 0 radical (unpaired) electrons. The number of nitrogens with zero attached hydrogens (tertiary/aromatic N) is 2. The van der Waals surface area contributed by atoms with Crippen LogP contribution in [0, 0.1) is 11.7 Å². The van der Waals surface area contributed by atoms with Crippen molar-refractivity contribution in [2.75, 3.05) is 18.9 Å². The molecule has 0 bridgehead atoms. The molecule has 5 nitrogen and oxygen atoms in total. The third kappa shape index (κ3) is 2.44. The van der Waals surface area contributed by atoms with Gasteiger partial charge in [-0.3, -0.25) is 0 Å². The second-order valence-electron chi connectivity index (χ2n) is 4.65. The van der Waals surface area contributed by atoms with Gasteiger partial charge < -0.3 is 15.0 Å². The minimum atomic E-state index is -0.459. The zero-order chi connectivity index (χ0) is 13.2. The minimum Gasteiger partial charge on any atom is -0.398 e. The summed E-state index contributed by atoms with van der Waals surface area (Å²) in [6, 6.07) is 4.47. The molecule has 1 fully saturated rings. The van der Waals surface area contributed by atoms with E-state index in [1.165, 1.54) is 6.07 Å². The molecule has 19 heavy (non-hydrogen) atoms. The first-order valence-electron chi connectivity index (χ1n) is 6.18. The number of anilines is 1. The SMILES string of the molecule is Nc1cccc(F)c1-c1nc(CC2CCOC2)no1. The molecule has 6 heteroatoms. The number of hydrogen-bond acceptors (Lipinski definition) is 5. The van der Waals surface area contributed by atoms with Crippen LogP contribution in [-0.2, 0) is 11.2 Å². The van der Waals surface area contributed by atoms with Crippen molar-refractivity contribution in [1.82, 2.24) is 10.1 Å². The van der Waals surface area contributed by atoms with Gasteiger partial charge in [0.05, 0.1) is 5.56 Å². The molecule has 3 rings (SSSR count). The topological polar surface area (TPSA) is 74.2 Å². The van der Waals surface area contributed by atoms with E-state index in [-0.39, 0.29) is 11.5 Å². The summed E-state index contributed by atoms with van der Waals surface area (Å²) >= 11 is 0. The lowest BCUT2D eigenvalue weighted by molar-refractivity contribution is 0.185. The normalized spacial score (nSPS) is 18.9. The highest BCUT2D eigenvalue weighted by molar-refractivity contribution is 5.70. The smallest absolute Gasteiger partial charge is 0.263 e. The Labute approximate surface area is 109 Å². The first kappa shape index (κ1) is 12.1. The molecule has 1 aliphatic heterocycles. The fraction of sp³-hybridized carbons (Fsp3) is 0.385. The van der Waals surface area contributed by atoms with Crippen LogP contribution >= 0.6 is 0 Å². The van der Waals surface area contributed by atoms with Gasteiger partial charge in [0.1, 0.15) is 5.82 Å². The molecule has 2 aromatic rings. The number of hydrogen-bond donors (Lipinski definition) is 1.